The average Bonchev–Trinajstić information content (AvgIpc) is 3.04. The summed E-state index contributed by atoms with van der Waals surface area (Å²) in [5, 5.41) is 3.03. The van der Waals surface area contributed by atoms with Crippen molar-refractivity contribution in [2.24, 2.45) is 4.99 Å². The Morgan fingerprint density at radius 2 is 1.85 bits per heavy atom. The molecule has 0 aromatic heterocycles. The van der Waals surface area contributed by atoms with Gasteiger partial charge in [-0.2, -0.15) is 0 Å². The molecular formula is C21H21N3O3. The predicted octanol–water partition coefficient (Wildman–Crippen LogP) is 2.25. The molecule has 0 bridgehead atoms. The van der Waals surface area contributed by atoms with Crippen LogP contribution in [0.5, 0.6) is 5.75 Å². The molecule has 2 heterocycles. The van der Waals surface area contributed by atoms with E-state index in [9.17, 15) is 9.59 Å². The molecule has 0 unspecified atom stereocenters. The summed E-state index contributed by atoms with van der Waals surface area (Å²) in [5.74, 6) is 0.532. The van der Waals surface area contributed by atoms with Gasteiger partial charge in [0, 0.05) is 37.1 Å². The molecule has 2 aliphatic heterocycles. The fraction of sp³-hybridized carbons (Fsp3) is 0.286. The molecule has 0 saturated carbocycles. The molecule has 2 aromatic rings. The number of hydrogen-bond acceptors (Lipinski definition) is 4. The number of amides is 2. The van der Waals surface area contributed by atoms with Crippen molar-refractivity contribution >= 4 is 17.5 Å². The van der Waals surface area contributed by atoms with Crippen LogP contribution in [0.2, 0.25) is 0 Å². The number of aliphatic imine (C=N–C) groups is 1. The number of nitrogens with zero attached hydrogens (tertiary/aromatic N) is 2. The maximum Gasteiger partial charge on any atom is 0.272 e. The van der Waals surface area contributed by atoms with Crippen LogP contribution >= 0.6 is 0 Å². The molecule has 0 aliphatic carbocycles. The lowest BCUT2D eigenvalue weighted by Gasteiger charge is -2.37. The van der Waals surface area contributed by atoms with Crippen LogP contribution in [-0.4, -0.2) is 48.3 Å². The minimum Gasteiger partial charge on any atom is -0.497 e. The first-order valence-corrected chi connectivity index (χ1v) is 9.01. The molecule has 4 rings (SSSR count). The maximum absolute atomic E-state index is 12.6. The Labute approximate surface area is 157 Å². The van der Waals surface area contributed by atoms with E-state index in [0.29, 0.717) is 43.0 Å². The van der Waals surface area contributed by atoms with Gasteiger partial charge >= 0.3 is 0 Å². The van der Waals surface area contributed by atoms with Crippen molar-refractivity contribution in [1.82, 2.24) is 10.2 Å². The number of carbonyl (C=O) groups excluding carboxylic acids is 2. The summed E-state index contributed by atoms with van der Waals surface area (Å²) in [6.07, 6.45) is 1.20. The average molecular weight is 363 g/mol. The summed E-state index contributed by atoms with van der Waals surface area (Å²) < 4.78 is 5.24. The summed E-state index contributed by atoms with van der Waals surface area (Å²) in [4.78, 5) is 31.7. The Morgan fingerprint density at radius 1 is 1.11 bits per heavy atom. The summed E-state index contributed by atoms with van der Waals surface area (Å²) in [6, 6.07) is 16.6. The molecule has 1 spiro atoms. The fourth-order valence-corrected chi connectivity index (χ4v) is 3.61. The summed E-state index contributed by atoms with van der Waals surface area (Å²) in [7, 11) is 1.59. The zero-order valence-corrected chi connectivity index (χ0v) is 15.1. The highest BCUT2D eigenvalue weighted by atomic mass is 16.5. The van der Waals surface area contributed by atoms with E-state index in [-0.39, 0.29) is 11.8 Å². The van der Waals surface area contributed by atoms with Gasteiger partial charge < -0.3 is 15.0 Å². The van der Waals surface area contributed by atoms with Crippen molar-refractivity contribution in [3.8, 4) is 5.75 Å². The van der Waals surface area contributed by atoms with E-state index in [4.69, 9.17) is 9.73 Å². The molecule has 2 aliphatic rings. The van der Waals surface area contributed by atoms with Crippen LogP contribution in [-0.2, 0) is 4.79 Å². The number of rotatable bonds is 3. The minimum atomic E-state index is -0.622. The third-order valence-electron chi connectivity index (χ3n) is 5.13. The Kier molecular flexibility index (Phi) is 4.39. The standard InChI is InChI=1S/C21H21N3O3/c1-27-17-9-5-8-16(14-17)18-19(25)23-21(22-18)10-12-24(13-11-21)20(26)15-6-3-2-4-7-15/h2-9,14H,10-13H2,1H3,(H,23,25). The van der Waals surface area contributed by atoms with Crippen molar-refractivity contribution < 1.29 is 14.3 Å². The molecule has 6 nitrogen and oxygen atoms in total. The van der Waals surface area contributed by atoms with Crippen LogP contribution in [0.15, 0.2) is 59.6 Å². The number of methoxy groups -OCH3 is 1. The van der Waals surface area contributed by atoms with Gasteiger partial charge in [0.05, 0.1) is 7.11 Å². The largest absolute Gasteiger partial charge is 0.497 e. The topological polar surface area (TPSA) is 71.0 Å². The second kappa shape index (κ2) is 6.87. The number of hydrogen-bond donors (Lipinski definition) is 1. The van der Waals surface area contributed by atoms with Gasteiger partial charge in [-0.1, -0.05) is 30.3 Å². The van der Waals surface area contributed by atoms with Crippen LogP contribution in [0, 0.1) is 0 Å². The van der Waals surface area contributed by atoms with Gasteiger partial charge in [-0.05, 0) is 24.3 Å². The molecule has 1 saturated heterocycles. The lowest BCUT2D eigenvalue weighted by atomic mass is 9.97. The van der Waals surface area contributed by atoms with Gasteiger partial charge in [-0.25, -0.2) is 0 Å². The number of carbonyl (C=O) groups is 2. The third-order valence-corrected chi connectivity index (χ3v) is 5.13. The SMILES string of the molecule is COc1cccc(C2=NC3(CCN(C(=O)c4ccccc4)CC3)NC2=O)c1. The highest BCUT2D eigenvalue weighted by Gasteiger charge is 2.43. The van der Waals surface area contributed by atoms with Crippen LogP contribution < -0.4 is 10.1 Å². The van der Waals surface area contributed by atoms with E-state index in [0.717, 1.165) is 5.56 Å². The van der Waals surface area contributed by atoms with Gasteiger partial charge in [-0.15, -0.1) is 0 Å². The first-order chi connectivity index (χ1) is 13.1. The normalized spacial score (nSPS) is 18.2. The summed E-state index contributed by atoms with van der Waals surface area (Å²) in [5.41, 5.74) is 1.23. The van der Waals surface area contributed by atoms with Crippen molar-refractivity contribution in [3.05, 3.63) is 65.7 Å². The molecule has 1 N–H and O–H groups in total. The maximum atomic E-state index is 12.6. The number of benzene rings is 2. The quantitative estimate of drug-likeness (QED) is 0.909. The molecular weight excluding hydrogens is 342 g/mol. The summed E-state index contributed by atoms with van der Waals surface area (Å²) in [6.45, 7) is 1.12. The zero-order valence-electron chi connectivity index (χ0n) is 15.1. The Morgan fingerprint density at radius 3 is 2.56 bits per heavy atom. The predicted molar refractivity (Wildman–Crippen MR) is 102 cm³/mol. The van der Waals surface area contributed by atoms with Crippen LogP contribution in [0.4, 0.5) is 0 Å². The number of ether oxygens (including phenoxy) is 1. The molecule has 2 amide bonds. The molecule has 0 atom stereocenters. The van der Waals surface area contributed by atoms with Gasteiger partial charge in [0.1, 0.15) is 17.1 Å². The highest BCUT2D eigenvalue weighted by molar-refractivity contribution is 6.46. The zero-order chi connectivity index (χ0) is 18.9. The van der Waals surface area contributed by atoms with Gasteiger partial charge in [0.15, 0.2) is 0 Å². The number of nitrogens with one attached hydrogen (secondary N) is 1. The van der Waals surface area contributed by atoms with Crippen LogP contribution in [0.3, 0.4) is 0 Å². The second-order valence-electron chi connectivity index (χ2n) is 6.84. The Hall–Kier alpha value is -3.15. The molecule has 0 radical (unpaired) electrons. The first kappa shape index (κ1) is 17.3. The molecule has 27 heavy (non-hydrogen) atoms. The van der Waals surface area contributed by atoms with Crippen molar-refractivity contribution in [2.45, 2.75) is 18.5 Å². The van der Waals surface area contributed by atoms with Gasteiger partial charge in [0.2, 0.25) is 0 Å². The number of likely N-dealkylation sites (tertiary alicyclic amines) is 1. The fourth-order valence-electron chi connectivity index (χ4n) is 3.61. The highest BCUT2D eigenvalue weighted by Crippen LogP contribution is 2.30. The van der Waals surface area contributed by atoms with Crippen LogP contribution in [0.1, 0.15) is 28.8 Å². The monoisotopic (exact) mass is 363 g/mol. The summed E-state index contributed by atoms with van der Waals surface area (Å²) >= 11 is 0. The van der Waals surface area contributed by atoms with E-state index in [1.807, 2.05) is 59.5 Å². The number of piperidine rings is 1. The molecule has 138 valence electrons. The molecule has 6 heteroatoms. The van der Waals surface area contributed by atoms with Crippen molar-refractivity contribution in [3.63, 3.8) is 0 Å². The first-order valence-electron chi connectivity index (χ1n) is 9.01. The van der Waals surface area contributed by atoms with Gasteiger partial charge in [-0.3, -0.25) is 14.6 Å². The minimum absolute atomic E-state index is 0.0202. The van der Waals surface area contributed by atoms with E-state index in [1.165, 1.54) is 0 Å². The van der Waals surface area contributed by atoms with Crippen molar-refractivity contribution in [2.75, 3.05) is 20.2 Å². The lowest BCUT2D eigenvalue weighted by Crippen LogP contribution is -2.52. The Balaban J connectivity index is 1.50. The smallest absolute Gasteiger partial charge is 0.272 e. The van der Waals surface area contributed by atoms with Crippen LogP contribution in [0.25, 0.3) is 0 Å². The molecule has 1 fully saturated rings. The van der Waals surface area contributed by atoms with E-state index in [2.05, 4.69) is 5.32 Å². The third kappa shape index (κ3) is 3.30. The van der Waals surface area contributed by atoms with E-state index >= 15 is 0 Å². The lowest BCUT2D eigenvalue weighted by molar-refractivity contribution is -0.115. The second-order valence-corrected chi connectivity index (χ2v) is 6.84. The van der Waals surface area contributed by atoms with Gasteiger partial charge in [0.25, 0.3) is 11.8 Å². The Bertz CT molecular complexity index is 900. The molecule has 2 aromatic carbocycles. The van der Waals surface area contributed by atoms with E-state index < -0.39 is 5.66 Å². The van der Waals surface area contributed by atoms with E-state index in [1.54, 1.807) is 7.11 Å². The van der Waals surface area contributed by atoms with Crippen molar-refractivity contribution in [1.29, 1.82) is 0 Å².